The van der Waals surface area contributed by atoms with Crippen molar-refractivity contribution in [1.29, 1.82) is 0 Å². The second kappa shape index (κ2) is 7.46. The number of rotatable bonds is 4. The molecule has 1 aromatic carbocycles. The zero-order valence-corrected chi connectivity index (χ0v) is 12.7. The average Bonchev–Trinajstić information content (AvgIpc) is 2.41. The number of ether oxygens (including phenoxy) is 2. The van der Waals surface area contributed by atoms with Crippen molar-refractivity contribution >= 4 is 12.1 Å². The van der Waals surface area contributed by atoms with Crippen LogP contribution in [0.2, 0.25) is 0 Å². The highest BCUT2D eigenvalue weighted by molar-refractivity contribution is 5.83. The third-order valence-corrected chi connectivity index (χ3v) is 2.40. The van der Waals surface area contributed by atoms with Crippen LogP contribution in [-0.4, -0.2) is 24.3 Å². The number of amides is 1. The van der Waals surface area contributed by atoms with Gasteiger partial charge in [-0.1, -0.05) is 18.1 Å². The summed E-state index contributed by atoms with van der Waals surface area (Å²) in [5.74, 6) is 0.943. The highest BCUT2D eigenvalue weighted by Gasteiger charge is 2.27. The first-order valence-electron chi connectivity index (χ1n) is 6.58. The molecule has 0 aliphatic heterocycles. The van der Waals surface area contributed by atoms with Crippen molar-refractivity contribution < 1.29 is 23.5 Å². The monoisotopic (exact) mass is 307 g/mol. The Morgan fingerprint density at radius 1 is 1.32 bits per heavy atom. The fraction of sp³-hybridized carbons (Fsp3) is 0.375. The maximum absolute atomic E-state index is 13.0. The number of nitrogens with one attached hydrogen (secondary N) is 1. The first-order valence-corrected chi connectivity index (χ1v) is 6.58. The van der Waals surface area contributed by atoms with Crippen molar-refractivity contribution in [2.24, 2.45) is 0 Å². The Morgan fingerprint density at radius 3 is 2.41 bits per heavy atom. The smallest absolute Gasteiger partial charge is 0.408 e. The zero-order chi connectivity index (χ0) is 16.8. The lowest BCUT2D eigenvalue weighted by Crippen LogP contribution is -2.38. The molecule has 0 saturated carbocycles. The Bertz CT molecular complexity index is 569. The van der Waals surface area contributed by atoms with Crippen molar-refractivity contribution in [3.63, 3.8) is 0 Å². The minimum atomic E-state index is -1.14. The van der Waals surface area contributed by atoms with Crippen LogP contribution in [0.1, 0.15) is 32.4 Å². The third-order valence-electron chi connectivity index (χ3n) is 2.40. The summed E-state index contributed by atoms with van der Waals surface area (Å²) in [6, 6.07) is 3.95. The summed E-state index contributed by atoms with van der Waals surface area (Å²) in [7, 11) is 0. The second-order valence-corrected chi connectivity index (χ2v) is 5.44. The van der Waals surface area contributed by atoms with Crippen LogP contribution in [0, 0.1) is 18.2 Å². The molecule has 0 radical (unpaired) electrons. The SMILES string of the molecule is C#CCOC(=O)[C@H](NC(=O)OC(C)(C)C)c1ccc(F)cc1. The largest absolute Gasteiger partial charge is 0.451 e. The Labute approximate surface area is 128 Å². The summed E-state index contributed by atoms with van der Waals surface area (Å²) >= 11 is 0. The number of hydrogen-bond acceptors (Lipinski definition) is 4. The van der Waals surface area contributed by atoms with Gasteiger partial charge in [0.1, 0.15) is 11.4 Å². The molecule has 0 unspecified atom stereocenters. The van der Waals surface area contributed by atoms with Gasteiger partial charge in [0.15, 0.2) is 12.6 Å². The molecule has 0 aromatic heterocycles. The molecule has 0 saturated heterocycles. The van der Waals surface area contributed by atoms with E-state index in [0.717, 1.165) is 0 Å². The van der Waals surface area contributed by atoms with Gasteiger partial charge < -0.3 is 14.8 Å². The molecular weight excluding hydrogens is 289 g/mol. The topological polar surface area (TPSA) is 64.6 Å². The highest BCUT2D eigenvalue weighted by atomic mass is 19.1. The lowest BCUT2D eigenvalue weighted by atomic mass is 10.1. The number of carbonyl (C=O) groups excluding carboxylic acids is 2. The number of carbonyl (C=O) groups is 2. The van der Waals surface area contributed by atoms with E-state index in [1.807, 2.05) is 0 Å². The molecule has 1 rings (SSSR count). The summed E-state index contributed by atoms with van der Waals surface area (Å²) in [4.78, 5) is 23.8. The fourth-order valence-corrected chi connectivity index (χ4v) is 1.56. The molecule has 0 fully saturated rings. The Kier molecular flexibility index (Phi) is 5.93. The lowest BCUT2D eigenvalue weighted by molar-refractivity contribution is -0.144. The van der Waals surface area contributed by atoms with Crippen LogP contribution in [-0.2, 0) is 14.3 Å². The molecular formula is C16H18FNO4. The van der Waals surface area contributed by atoms with E-state index in [0.29, 0.717) is 5.56 Å². The average molecular weight is 307 g/mol. The molecule has 118 valence electrons. The van der Waals surface area contributed by atoms with E-state index in [2.05, 4.69) is 11.2 Å². The van der Waals surface area contributed by atoms with E-state index >= 15 is 0 Å². The van der Waals surface area contributed by atoms with Crippen molar-refractivity contribution in [3.8, 4) is 12.3 Å². The van der Waals surface area contributed by atoms with Gasteiger partial charge in [-0.05, 0) is 38.5 Å². The van der Waals surface area contributed by atoms with Gasteiger partial charge in [0.25, 0.3) is 0 Å². The van der Waals surface area contributed by atoms with E-state index in [9.17, 15) is 14.0 Å². The number of hydrogen-bond donors (Lipinski definition) is 1. The van der Waals surface area contributed by atoms with Gasteiger partial charge in [0, 0.05) is 0 Å². The number of halogens is 1. The van der Waals surface area contributed by atoms with E-state index < -0.39 is 29.5 Å². The molecule has 0 bridgehead atoms. The van der Waals surface area contributed by atoms with Crippen LogP contribution in [0.15, 0.2) is 24.3 Å². The minimum absolute atomic E-state index is 0.230. The molecule has 1 aromatic rings. The van der Waals surface area contributed by atoms with Gasteiger partial charge in [-0.3, -0.25) is 0 Å². The predicted molar refractivity (Wildman–Crippen MR) is 78.3 cm³/mol. The van der Waals surface area contributed by atoms with E-state index in [1.165, 1.54) is 24.3 Å². The normalized spacial score (nSPS) is 12.0. The molecule has 0 heterocycles. The number of terminal acetylenes is 1. The summed E-state index contributed by atoms with van der Waals surface area (Å²) in [5, 5.41) is 2.39. The second-order valence-electron chi connectivity index (χ2n) is 5.44. The molecule has 0 aliphatic carbocycles. The molecule has 22 heavy (non-hydrogen) atoms. The number of esters is 1. The molecule has 6 heteroatoms. The predicted octanol–water partition coefficient (Wildman–Crippen LogP) is 2.57. The standard InChI is InChI=1S/C16H18FNO4/c1-5-10-21-14(19)13(11-6-8-12(17)9-7-11)18-15(20)22-16(2,3)4/h1,6-9,13H,10H2,2-4H3,(H,18,20)/t13-/m1/s1. The highest BCUT2D eigenvalue weighted by Crippen LogP contribution is 2.17. The van der Waals surface area contributed by atoms with Gasteiger partial charge >= 0.3 is 12.1 Å². The summed E-state index contributed by atoms with van der Waals surface area (Å²) in [6.45, 7) is 4.84. The molecule has 1 amide bonds. The molecule has 0 spiro atoms. The van der Waals surface area contributed by atoms with Gasteiger partial charge in [-0.2, -0.15) is 0 Å². The molecule has 0 aliphatic rings. The quantitative estimate of drug-likeness (QED) is 0.686. The van der Waals surface area contributed by atoms with E-state index in [4.69, 9.17) is 15.9 Å². The summed E-state index contributed by atoms with van der Waals surface area (Å²) in [5.41, 5.74) is -0.366. The maximum Gasteiger partial charge on any atom is 0.408 e. The van der Waals surface area contributed by atoms with Crippen LogP contribution < -0.4 is 5.32 Å². The minimum Gasteiger partial charge on any atom is -0.451 e. The Hall–Kier alpha value is -2.55. The Balaban J connectivity index is 2.92. The first kappa shape index (κ1) is 17.5. The lowest BCUT2D eigenvalue weighted by Gasteiger charge is -2.23. The zero-order valence-electron chi connectivity index (χ0n) is 12.7. The molecule has 5 nitrogen and oxygen atoms in total. The van der Waals surface area contributed by atoms with Gasteiger partial charge in [-0.15, -0.1) is 6.42 Å². The van der Waals surface area contributed by atoms with Crippen molar-refractivity contribution in [1.82, 2.24) is 5.32 Å². The first-order chi connectivity index (χ1) is 10.2. The van der Waals surface area contributed by atoms with Crippen molar-refractivity contribution in [2.45, 2.75) is 32.4 Å². The number of benzene rings is 1. The van der Waals surface area contributed by atoms with Crippen molar-refractivity contribution in [3.05, 3.63) is 35.6 Å². The van der Waals surface area contributed by atoms with E-state index in [-0.39, 0.29) is 6.61 Å². The number of alkyl carbamates (subject to hydrolysis) is 1. The summed E-state index contributed by atoms with van der Waals surface area (Å²) < 4.78 is 22.9. The van der Waals surface area contributed by atoms with E-state index in [1.54, 1.807) is 20.8 Å². The van der Waals surface area contributed by atoms with Crippen LogP contribution in [0.25, 0.3) is 0 Å². The fourth-order valence-electron chi connectivity index (χ4n) is 1.56. The summed E-state index contributed by atoms with van der Waals surface area (Å²) in [6.07, 6.45) is 4.24. The maximum atomic E-state index is 13.0. The molecule has 1 atom stereocenters. The van der Waals surface area contributed by atoms with Gasteiger partial charge in [-0.25, -0.2) is 14.0 Å². The van der Waals surface area contributed by atoms with Crippen LogP contribution in [0.5, 0.6) is 0 Å². The van der Waals surface area contributed by atoms with Crippen molar-refractivity contribution in [2.75, 3.05) is 6.61 Å². The van der Waals surface area contributed by atoms with Gasteiger partial charge in [0.2, 0.25) is 0 Å². The van der Waals surface area contributed by atoms with Crippen LogP contribution in [0.4, 0.5) is 9.18 Å². The van der Waals surface area contributed by atoms with Gasteiger partial charge in [0.05, 0.1) is 0 Å². The molecule has 1 N–H and O–H groups in total. The van der Waals surface area contributed by atoms with Crippen LogP contribution in [0.3, 0.4) is 0 Å². The third kappa shape index (κ3) is 5.83. The van der Waals surface area contributed by atoms with Crippen LogP contribution >= 0.6 is 0 Å². The Morgan fingerprint density at radius 2 is 1.91 bits per heavy atom.